The molecule has 18 heavy (non-hydrogen) atoms. The van der Waals surface area contributed by atoms with Crippen LogP contribution in [-0.2, 0) is 16.6 Å². The third-order valence-electron chi connectivity index (χ3n) is 2.35. The normalized spacial score (nSPS) is 10.3. The summed E-state index contributed by atoms with van der Waals surface area (Å²) in [7, 11) is 3.13. The summed E-state index contributed by atoms with van der Waals surface area (Å²) >= 11 is 11.7. The van der Waals surface area contributed by atoms with E-state index in [1.165, 1.54) is 22.6 Å². The zero-order valence-corrected chi connectivity index (χ0v) is 11.9. The molecule has 0 aliphatic carbocycles. The zero-order valence-electron chi connectivity index (χ0n) is 10.4. The number of hydrogen-bond donors (Lipinski definition) is 0. The van der Waals surface area contributed by atoms with Crippen LogP contribution in [0.2, 0.25) is 10.2 Å². The molecule has 0 saturated carbocycles. The Labute approximate surface area is 115 Å². The summed E-state index contributed by atoms with van der Waals surface area (Å²) in [6, 6.07) is 1.47. The third-order valence-corrected chi connectivity index (χ3v) is 3.20. The Kier molecular flexibility index (Phi) is 5.04. The summed E-state index contributed by atoms with van der Waals surface area (Å²) in [5.74, 6) is -0.806. The standard InChI is InChI=1S/C11H14Cl2N2O3/c1-4-18-9(16)6-14(2)11(17)8-5-7(12)10(13)15(8)3/h5H,4,6H2,1-3H3. The van der Waals surface area contributed by atoms with E-state index in [9.17, 15) is 9.59 Å². The predicted octanol–water partition coefficient (Wildman–Crippen LogP) is 1.97. The predicted molar refractivity (Wildman–Crippen MR) is 69.0 cm³/mol. The van der Waals surface area contributed by atoms with Crippen molar-refractivity contribution in [1.82, 2.24) is 9.47 Å². The van der Waals surface area contributed by atoms with E-state index in [1.807, 2.05) is 0 Å². The summed E-state index contributed by atoms with van der Waals surface area (Å²) in [6.07, 6.45) is 0. The molecule has 0 N–H and O–H groups in total. The smallest absolute Gasteiger partial charge is 0.325 e. The average Bonchev–Trinajstić information content (AvgIpc) is 2.56. The van der Waals surface area contributed by atoms with E-state index in [0.717, 1.165) is 0 Å². The monoisotopic (exact) mass is 292 g/mol. The number of ether oxygens (including phenoxy) is 1. The van der Waals surface area contributed by atoms with Gasteiger partial charge in [-0.2, -0.15) is 0 Å². The van der Waals surface area contributed by atoms with Crippen LogP contribution in [0.5, 0.6) is 0 Å². The van der Waals surface area contributed by atoms with Gasteiger partial charge in [0.1, 0.15) is 17.4 Å². The molecule has 1 aromatic heterocycles. The van der Waals surface area contributed by atoms with Crippen LogP contribution in [-0.4, -0.2) is 41.5 Å². The van der Waals surface area contributed by atoms with Crippen LogP contribution in [0.15, 0.2) is 6.07 Å². The topological polar surface area (TPSA) is 51.5 Å². The van der Waals surface area contributed by atoms with Gasteiger partial charge in [-0.25, -0.2) is 0 Å². The van der Waals surface area contributed by atoms with Gasteiger partial charge in [-0.05, 0) is 13.0 Å². The first-order valence-electron chi connectivity index (χ1n) is 5.30. The van der Waals surface area contributed by atoms with Crippen molar-refractivity contribution in [3.63, 3.8) is 0 Å². The van der Waals surface area contributed by atoms with Crippen LogP contribution in [0.4, 0.5) is 0 Å². The molecule has 0 atom stereocenters. The molecule has 1 aromatic rings. The molecular formula is C11H14Cl2N2O3. The fourth-order valence-corrected chi connectivity index (χ4v) is 1.79. The molecule has 100 valence electrons. The SMILES string of the molecule is CCOC(=O)CN(C)C(=O)c1cc(Cl)c(Cl)n1C. The minimum Gasteiger partial charge on any atom is -0.465 e. The summed E-state index contributed by atoms with van der Waals surface area (Å²) in [5, 5.41) is 0.580. The molecule has 1 heterocycles. The molecule has 5 nitrogen and oxygen atoms in total. The fraction of sp³-hybridized carbons (Fsp3) is 0.455. The van der Waals surface area contributed by atoms with Crippen molar-refractivity contribution in [2.45, 2.75) is 6.92 Å². The maximum atomic E-state index is 12.1. The highest BCUT2D eigenvalue weighted by atomic mass is 35.5. The number of aromatic nitrogens is 1. The first kappa shape index (κ1) is 14.9. The molecule has 0 fully saturated rings. The number of hydrogen-bond acceptors (Lipinski definition) is 3. The van der Waals surface area contributed by atoms with Gasteiger partial charge in [0.25, 0.3) is 5.91 Å². The molecule has 7 heteroatoms. The van der Waals surface area contributed by atoms with Crippen LogP contribution in [0.1, 0.15) is 17.4 Å². The van der Waals surface area contributed by atoms with Crippen molar-refractivity contribution in [2.75, 3.05) is 20.2 Å². The maximum absolute atomic E-state index is 12.1. The van der Waals surface area contributed by atoms with Crippen molar-refractivity contribution < 1.29 is 14.3 Å². The van der Waals surface area contributed by atoms with Gasteiger partial charge in [0.2, 0.25) is 0 Å². The van der Waals surface area contributed by atoms with Crippen molar-refractivity contribution in [1.29, 1.82) is 0 Å². The van der Waals surface area contributed by atoms with E-state index < -0.39 is 5.97 Å². The largest absolute Gasteiger partial charge is 0.465 e. The second kappa shape index (κ2) is 6.11. The van der Waals surface area contributed by atoms with E-state index >= 15 is 0 Å². The van der Waals surface area contributed by atoms with E-state index in [1.54, 1.807) is 14.0 Å². The average molecular weight is 293 g/mol. The summed E-state index contributed by atoms with van der Waals surface area (Å²) in [5.41, 5.74) is 0.316. The summed E-state index contributed by atoms with van der Waals surface area (Å²) < 4.78 is 6.23. The number of likely N-dealkylation sites (N-methyl/N-ethyl adjacent to an activating group) is 1. The molecule has 0 spiro atoms. The van der Waals surface area contributed by atoms with E-state index in [4.69, 9.17) is 27.9 Å². The number of rotatable bonds is 4. The van der Waals surface area contributed by atoms with E-state index in [-0.39, 0.29) is 24.2 Å². The Balaban J connectivity index is 2.80. The lowest BCUT2D eigenvalue weighted by Crippen LogP contribution is -2.34. The molecule has 0 aliphatic rings. The summed E-state index contributed by atoms with van der Waals surface area (Å²) in [4.78, 5) is 24.6. The van der Waals surface area contributed by atoms with Gasteiger partial charge in [-0.3, -0.25) is 9.59 Å². The molecule has 0 unspecified atom stereocenters. The van der Waals surface area contributed by atoms with Gasteiger partial charge < -0.3 is 14.2 Å². The molecular weight excluding hydrogens is 279 g/mol. The molecule has 1 amide bonds. The Hall–Kier alpha value is -1.20. The number of halogens is 2. The molecule has 0 radical (unpaired) electrons. The lowest BCUT2D eigenvalue weighted by Gasteiger charge is -2.16. The Bertz CT molecular complexity index is 471. The molecule has 0 aromatic carbocycles. The van der Waals surface area contributed by atoms with E-state index in [0.29, 0.717) is 10.7 Å². The first-order valence-corrected chi connectivity index (χ1v) is 6.05. The maximum Gasteiger partial charge on any atom is 0.325 e. The van der Waals surface area contributed by atoms with E-state index in [2.05, 4.69) is 0 Å². The number of carbonyl (C=O) groups is 2. The molecule has 0 saturated heterocycles. The number of amides is 1. The number of carbonyl (C=O) groups excluding carboxylic acids is 2. The van der Waals surface area contributed by atoms with Crippen molar-refractivity contribution >= 4 is 35.1 Å². The highest BCUT2D eigenvalue weighted by Gasteiger charge is 2.20. The molecule has 1 rings (SSSR count). The molecule has 0 bridgehead atoms. The van der Waals surface area contributed by atoms with Gasteiger partial charge >= 0.3 is 5.97 Å². The minimum absolute atomic E-state index is 0.118. The van der Waals surface area contributed by atoms with Crippen molar-refractivity contribution in [3.05, 3.63) is 21.9 Å². The van der Waals surface area contributed by atoms with Crippen LogP contribution in [0.3, 0.4) is 0 Å². The lowest BCUT2D eigenvalue weighted by atomic mass is 10.3. The summed E-state index contributed by atoms with van der Waals surface area (Å²) in [6.45, 7) is 1.87. The van der Waals surface area contributed by atoms with Crippen molar-refractivity contribution in [3.8, 4) is 0 Å². The Morgan fingerprint density at radius 3 is 2.50 bits per heavy atom. The quantitative estimate of drug-likeness (QED) is 0.797. The van der Waals surface area contributed by atoms with Crippen LogP contribution in [0, 0.1) is 0 Å². The van der Waals surface area contributed by atoms with Crippen LogP contribution >= 0.6 is 23.2 Å². The highest BCUT2D eigenvalue weighted by molar-refractivity contribution is 6.41. The zero-order chi connectivity index (χ0) is 13.9. The Morgan fingerprint density at radius 2 is 2.06 bits per heavy atom. The highest BCUT2D eigenvalue weighted by Crippen LogP contribution is 2.25. The second-order valence-corrected chi connectivity index (χ2v) is 4.46. The van der Waals surface area contributed by atoms with Gasteiger partial charge in [0.05, 0.1) is 11.6 Å². The van der Waals surface area contributed by atoms with Crippen LogP contribution in [0.25, 0.3) is 0 Å². The van der Waals surface area contributed by atoms with Gasteiger partial charge in [0.15, 0.2) is 0 Å². The minimum atomic E-state index is -0.459. The van der Waals surface area contributed by atoms with Gasteiger partial charge in [-0.1, -0.05) is 23.2 Å². The number of esters is 1. The second-order valence-electron chi connectivity index (χ2n) is 3.69. The Morgan fingerprint density at radius 1 is 1.44 bits per heavy atom. The molecule has 0 aliphatic heterocycles. The van der Waals surface area contributed by atoms with Gasteiger partial charge in [0, 0.05) is 14.1 Å². The van der Waals surface area contributed by atoms with Crippen LogP contribution < -0.4 is 0 Å². The lowest BCUT2D eigenvalue weighted by molar-refractivity contribution is -0.143. The first-order chi connectivity index (χ1) is 8.38. The number of nitrogens with zero attached hydrogens (tertiary/aromatic N) is 2. The third kappa shape index (κ3) is 3.17. The van der Waals surface area contributed by atoms with Crippen molar-refractivity contribution in [2.24, 2.45) is 7.05 Å². The fourth-order valence-electron chi connectivity index (χ4n) is 1.42. The van der Waals surface area contributed by atoms with Gasteiger partial charge in [-0.15, -0.1) is 0 Å².